The Labute approximate surface area is 100 Å². The van der Waals surface area contributed by atoms with E-state index in [1.54, 1.807) is 0 Å². The first-order valence-electron chi connectivity index (χ1n) is 5.21. The molecule has 1 atom stereocenters. The van der Waals surface area contributed by atoms with Crippen LogP contribution in [0.15, 0.2) is 18.2 Å². The minimum absolute atomic E-state index is 0.315. The van der Waals surface area contributed by atoms with E-state index in [0.29, 0.717) is 18.5 Å². The second-order valence-electron chi connectivity index (χ2n) is 3.88. The number of benzene rings is 1. The van der Waals surface area contributed by atoms with Gasteiger partial charge in [0.15, 0.2) is 0 Å². The molecule has 0 spiro atoms. The smallest absolute Gasteiger partial charge is 0.480 e. The number of nitrogens with one attached hydrogen (secondary N) is 1. The Morgan fingerprint density at radius 1 is 1.44 bits per heavy atom. The van der Waals surface area contributed by atoms with Gasteiger partial charge in [0.1, 0.15) is 11.8 Å². The maximum atomic E-state index is 12.1. The summed E-state index contributed by atoms with van der Waals surface area (Å²) < 4.78 is 40.0. The van der Waals surface area contributed by atoms with Crippen molar-refractivity contribution >= 4 is 5.97 Å². The minimum Gasteiger partial charge on any atom is -0.480 e. The number of aliphatic carboxylic acids is 1. The molecule has 1 aromatic rings. The van der Waals surface area contributed by atoms with Gasteiger partial charge in [-0.3, -0.25) is 4.79 Å². The van der Waals surface area contributed by atoms with Crippen molar-refractivity contribution in [2.45, 2.75) is 18.8 Å². The highest BCUT2D eigenvalue weighted by atomic mass is 19.4. The molecule has 18 heavy (non-hydrogen) atoms. The van der Waals surface area contributed by atoms with Crippen molar-refractivity contribution in [3.8, 4) is 5.75 Å². The molecule has 1 heterocycles. The molecule has 1 aliphatic rings. The summed E-state index contributed by atoms with van der Waals surface area (Å²) in [6.07, 6.45) is -4.21. The highest BCUT2D eigenvalue weighted by Gasteiger charge is 2.32. The fourth-order valence-electron chi connectivity index (χ4n) is 1.95. The molecule has 0 amide bonds. The molecule has 4 nitrogen and oxygen atoms in total. The van der Waals surface area contributed by atoms with E-state index < -0.39 is 24.1 Å². The number of carboxylic acid groups (broad SMARTS) is 1. The molecule has 0 saturated heterocycles. The SMILES string of the molecule is O=C(O)C1NCCc2ccc(OC(F)(F)F)cc21. The number of ether oxygens (including phenoxy) is 1. The van der Waals surface area contributed by atoms with Gasteiger partial charge in [0.05, 0.1) is 0 Å². The van der Waals surface area contributed by atoms with E-state index in [-0.39, 0.29) is 0 Å². The van der Waals surface area contributed by atoms with Crippen LogP contribution in [0, 0.1) is 0 Å². The van der Waals surface area contributed by atoms with E-state index in [0.717, 1.165) is 11.6 Å². The summed E-state index contributed by atoms with van der Waals surface area (Å²) in [6.45, 7) is 0.476. The largest absolute Gasteiger partial charge is 0.573 e. The predicted molar refractivity (Wildman–Crippen MR) is 55.2 cm³/mol. The molecule has 2 N–H and O–H groups in total. The summed E-state index contributed by atoms with van der Waals surface area (Å²) >= 11 is 0. The monoisotopic (exact) mass is 261 g/mol. The van der Waals surface area contributed by atoms with Gasteiger partial charge >= 0.3 is 12.3 Å². The molecule has 0 aliphatic carbocycles. The normalized spacial score (nSPS) is 19.2. The zero-order chi connectivity index (χ0) is 13.3. The molecule has 0 bridgehead atoms. The number of hydrogen-bond donors (Lipinski definition) is 2. The van der Waals surface area contributed by atoms with Gasteiger partial charge in [-0.1, -0.05) is 6.07 Å². The third-order valence-electron chi connectivity index (χ3n) is 2.65. The Morgan fingerprint density at radius 2 is 2.17 bits per heavy atom. The molecule has 1 aromatic carbocycles. The molecule has 0 fully saturated rings. The van der Waals surface area contributed by atoms with Gasteiger partial charge in [0.25, 0.3) is 0 Å². The highest BCUT2D eigenvalue weighted by molar-refractivity contribution is 5.76. The lowest BCUT2D eigenvalue weighted by Crippen LogP contribution is -2.35. The topological polar surface area (TPSA) is 58.6 Å². The summed E-state index contributed by atoms with van der Waals surface area (Å²) in [4.78, 5) is 11.0. The third kappa shape index (κ3) is 2.73. The summed E-state index contributed by atoms with van der Waals surface area (Å²) in [6, 6.07) is 2.78. The van der Waals surface area contributed by atoms with Crippen LogP contribution < -0.4 is 10.1 Å². The average molecular weight is 261 g/mol. The van der Waals surface area contributed by atoms with E-state index in [9.17, 15) is 18.0 Å². The molecular weight excluding hydrogens is 251 g/mol. The Hall–Kier alpha value is -1.76. The summed E-state index contributed by atoms with van der Waals surface area (Å²) in [5, 5.41) is 11.7. The van der Waals surface area contributed by atoms with E-state index >= 15 is 0 Å². The summed E-state index contributed by atoms with van der Waals surface area (Å²) in [5.41, 5.74) is 1.03. The average Bonchev–Trinajstić information content (AvgIpc) is 2.25. The van der Waals surface area contributed by atoms with E-state index in [1.807, 2.05) is 0 Å². The fourth-order valence-corrected chi connectivity index (χ4v) is 1.95. The van der Waals surface area contributed by atoms with Gasteiger partial charge in [-0.2, -0.15) is 0 Å². The zero-order valence-corrected chi connectivity index (χ0v) is 9.12. The predicted octanol–water partition coefficient (Wildman–Crippen LogP) is 1.86. The summed E-state index contributed by atoms with van der Waals surface area (Å²) in [7, 11) is 0. The number of halogens is 3. The van der Waals surface area contributed by atoms with Crippen molar-refractivity contribution < 1.29 is 27.8 Å². The van der Waals surface area contributed by atoms with Crippen LogP contribution in [-0.2, 0) is 11.2 Å². The van der Waals surface area contributed by atoms with Crippen molar-refractivity contribution in [3.63, 3.8) is 0 Å². The van der Waals surface area contributed by atoms with Crippen molar-refractivity contribution in [1.82, 2.24) is 5.32 Å². The molecular formula is C11H10F3NO3. The zero-order valence-electron chi connectivity index (χ0n) is 9.12. The van der Waals surface area contributed by atoms with Gasteiger partial charge in [0.2, 0.25) is 0 Å². The first-order valence-corrected chi connectivity index (χ1v) is 5.21. The van der Waals surface area contributed by atoms with Gasteiger partial charge in [0, 0.05) is 6.54 Å². The number of carbonyl (C=O) groups is 1. The molecule has 0 radical (unpaired) electrons. The highest BCUT2D eigenvalue weighted by Crippen LogP contribution is 2.30. The fraction of sp³-hybridized carbons (Fsp3) is 0.364. The molecule has 0 aromatic heterocycles. The lowest BCUT2D eigenvalue weighted by molar-refractivity contribution is -0.274. The van der Waals surface area contributed by atoms with Gasteiger partial charge in [-0.05, 0) is 29.7 Å². The molecule has 0 saturated carbocycles. The van der Waals surface area contributed by atoms with Crippen molar-refractivity contribution in [2.24, 2.45) is 0 Å². The maximum Gasteiger partial charge on any atom is 0.573 e. The maximum absolute atomic E-state index is 12.1. The molecule has 2 rings (SSSR count). The van der Waals surface area contributed by atoms with Crippen molar-refractivity contribution in [1.29, 1.82) is 0 Å². The van der Waals surface area contributed by atoms with Crippen LogP contribution in [0.25, 0.3) is 0 Å². The van der Waals surface area contributed by atoms with Gasteiger partial charge < -0.3 is 15.2 Å². The molecule has 1 unspecified atom stereocenters. The Morgan fingerprint density at radius 3 is 2.78 bits per heavy atom. The molecule has 1 aliphatic heterocycles. The van der Waals surface area contributed by atoms with Gasteiger partial charge in [-0.25, -0.2) is 0 Å². The van der Waals surface area contributed by atoms with Crippen LogP contribution in [0.5, 0.6) is 5.75 Å². The lowest BCUT2D eigenvalue weighted by atomic mass is 9.94. The standard InChI is InChI=1S/C11H10F3NO3/c12-11(13,14)18-7-2-1-6-3-4-15-9(10(16)17)8(6)5-7/h1-2,5,9,15H,3-4H2,(H,16,17). The van der Waals surface area contributed by atoms with Gasteiger partial charge in [-0.15, -0.1) is 13.2 Å². The molecule has 7 heteroatoms. The first-order chi connectivity index (χ1) is 8.37. The van der Waals surface area contributed by atoms with Crippen LogP contribution in [0.3, 0.4) is 0 Å². The Balaban J connectivity index is 2.34. The second kappa shape index (κ2) is 4.49. The van der Waals surface area contributed by atoms with Crippen LogP contribution >= 0.6 is 0 Å². The van der Waals surface area contributed by atoms with Crippen LogP contribution in [0.2, 0.25) is 0 Å². The minimum atomic E-state index is -4.78. The third-order valence-corrected chi connectivity index (χ3v) is 2.65. The quantitative estimate of drug-likeness (QED) is 0.853. The first kappa shape index (κ1) is 12.7. The van der Waals surface area contributed by atoms with E-state index in [1.165, 1.54) is 12.1 Å². The Kier molecular flexibility index (Phi) is 3.16. The number of alkyl halides is 3. The second-order valence-corrected chi connectivity index (χ2v) is 3.88. The number of carboxylic acids is 1. The summed E-state index contributed by atoms with van der Waals surface area (Å²) in [5.74, 6) is -1.53. The van der Waals surface area contributed by atoms with Crippen molar-refractivity contribution in [3.05, 3.63) is 29.3 Å². The molecule has 98 valence electrons. The number of fused-ring (bicyclic) bond motifs is 1. The lowest BCUT2D eigenvalue weighted by Gasteiger charge is -2.24. The Bertz CT molecular complexity index is 473. The number of hydrogen-bond acceptors (Lipinski definition) is 3. The van der Waals surface area contributed by atoms with Crippen molar-refractivity contribution in [2.75, 3.05) is 6.54 Å². The van der Waals surface area contributed by atoms with Crippen LogP contribution in [0.4, 0.5) is 13.2 Å². The van der Waals surface area contributed by atoms with E-state index in [4.69, 9.17) is 5.11 Å². The van der Waals surface area contributed by atoms with Crippen LogP contribution in [0.1, 0.15) is 17.2 Å². The van der Waals surface area contributed by atoms with Crippen LogP contribution in [-0.4, -0.2) is 24.0 Å². The number of rotatable bonds is 2. The van der Waals surface area contributed by atoms with E-state index in [2.05, 4.69) is 10.1 Å².